The van der Waals surface area contributed by atoms with Gasteiger partial charge in [-0.3, -0.25) is 4.79 Å². The van der Waals surface area contributed by atoms with Crippen LogP contribution >= 0.6 is 15.9 Å². The highest BCUT2D eigenvalue weighted by Crippen LogP contribution is 2.24. The highest BCUT2D eigenvalue weighted by atomic mass is 79.9. The van der Waals surface area contributed by atoms with Gasteiger partial charge in [0.25, 0.3) is 5.91 Å². The van der Waals surface area contributed by atoms with E-state index >= 15 is 0 Å². The zero-order valence-electron chi connectivity index (χ0n) is 11.0. The molecule has 1 aromatic rings. The van der Waals surface area contributed by atoms with Crippen LogP contribution in [0, 0.1) is 5.82 Å². The monoisotopic (exact) mass is 344 g/mol. The molecule has 1 fully saturated rings. The lowest BCUT2D eigenvalue weighted by Gasteiger charge is -2.22. The zero-order valence-corrected chi connectivity index (χ0v) is 12.6. The molecule has 2 atom stereocenters. The van der Waals surface area contributed by atoms with Gasteiger partial charge in [0, 0.05) is 4.47 Å². The largest absolute Gasteiger partial charge is 0.396 e. The van der Waals surface area contributed by atoms with Gasteiger partial charge in [-0.2, -0.15) is 0 Å². The summed E-state index contributed by atoms with van der Waals surface area (Å²) in [6.07, 6.45) is 3.93. The second kappa shape index (κ2) is 6.54. The molecule has 1 aromatic carbocycles. The van der Waals surface area contributed by atoms with Crippen molar-refractivity contribution in [2.45, 2.75) is 44.2 Å². The third-order valence-electron chi connectivity index (χ3n) is 3.63. The van der Waals surface area contributed by atoms with Gasteiger partial charge in [-0.05, 0) is 40.9 Å². The molecular formula is C14H18BrFN2O2. The molecule has 2 unspecified atom stereocenters. The van der Waals surface area contributed by atoms with Crippen LogP contribution in [0.4, 0.5) is 10.1 Å². The Morgan fingerprint density at radius 1 is 1.35 bits per heavy atom. The van der Waals surface area contributed by atoms with Gasteiger partial charge >= 0.3 is 0 Å². The molecule has 20 heavy (non-hydrogen) atoms. The molecule has 6 heteroatoms. The number of aliphatic hydroxyl groups excluding tert-OH is 1. The summed E-state index contributed by atoms with van der Waals surface area (Å²) in [6.45, 7) is 0. The Bertz CT molecular complexity index is 510. The van der Waals surface area contributed by atoms with Crippen LogP contribution in [0.5, 0.6) is 0 Å². The molecule has 1 aliphatic carbocycles. The number of carbonyl (C=O) groups excluding carboxylic acids is 1. The fraction of sp³-hybridized carbons (Fsp3) is 0.500. The Balaban J connectivity index is 2.13. The molecule has 1 saturated carbocycles. The minimum absolute atomic E-state index is 0.0697. The summed E-state index contributed by atoms with van der Waals surface area (Å²) >= 11 is 3.16. The van der Waals surface area contributed by atoms with Crippen LogP contribution in [0.2, 0.25) is 0 Å². The molecule has 110 valence electrons. The van der Waals surface area contributed by atoms with Gasteiger partial charge in [0.1, 0.15) is 5.82 Å². The average Bonchev–Trinajstić information content (AvgIpc) is 2.59. The molecule has 1 amide bonds. The number of rotatable bonds is 2. The van der Waals surface area contributed by atoms with E-state index in [-0.39, 0.29) is 23.2 Å². The van der Waals surface area contributed by atoms with Crippen molar-refractivity contribution in [1.82, 2.24) is 5.32 Å². The number of aliphatic hydroxyl groups is 1. The van der Waals surface area contributed by atoms with Crippen molar-refractivity contribution >= 4 is 27.5 Å². The van der Waals surface area contributed by atoms with Crippen LogP contribution < -0.4 is 11.1 Å². The normalized spacial score (nSPS) is 23.1. The van der Waals surface area contributed by atoms with Gasteiger partial charge in [-0.15, -0.1) is 0 Å². The molecular weight excluding hydrogens is 327 g/mol. The van der Waals surface area contributed by atoms with Crippen molar-refractivity contribution in [3.8, 4) is 0 Å². The maximum atomic E-state index is 13.3. The first-order valence-electron chi connectivity index (χ1n) is 6.72. The Morgan fingerprint density at radius 3 is 2.80 bits per heavy atom. The van der Waals surface area contributed by atoms with E-state index in [0.717, 1.165) is 25.7 Å². The second-order valence-corrected chi connectivity index (χ2v) is 5.99. The lowest BCUT2D eigenvalue weighted by atomic mass is 10.1. The summed E-state index contributed by atoms with van der Waals surface area (Å²) in [4.78, 5) is 12.2. The first-order chi connectivity index (χ1) is 9.49. The van der Waals surface area contributed by atoms with Gasteiger partial charge in [0.15, 0.2) is 0 Å². The fourth-order valence-electron chi connectivity index (χ4n) is 2.44. The molecule has 0 bridgehead atoms. The van der Waals surface area contributed by atoms with E-state index in [1.165, 1.54) is 12.1 Å². The van der Waals surface area contributed by atoms with Gasteiger partial charge in [-0.25, -0.2) is 4.39 Å². The van der Waals surface area contributed by atoms with Crippen LogP contribution in [0.1, 0.15) is 42.5 Å². The van der Waals surface area contributed by atoms with Gasteiger partial charge in [-0.1, -0.05) is 19.3 Å². The number of anilines is 1. The van der Waals surface area contributed by atoms with Crippen molar-refractivity contribution in [3.63, 3.8) is 0 Å². The number of amides is 1. The SMILES string of the molecule is Nc1cc(C(=O)NC2CCCCCC2O)c(Br)cc1F. The number of nitrogens with one attached hydrogen (secondary N) is 1. The van der Waals surface area contributed by atoms with E-state index in [1.54, 1.807) is 0 Å². The smallest absolute Gasteiger partial charge is 0.252 e. The third kappa shape index (κ3) is 3.49. The van der Waals surface area contributed by atoms with E-state index in [0.29, 0.717) is 10.9 Å². The molecule has 4 N–H and O–H groups in total. The van der Waals surface area contributed by atoms with Gasteiger partial charge < -0.3 is 16.2 Å². The average molecular weight is 345 g/mol. The highest BCUT2D eigenvalue weighted by Gasteiger charge is 2.24. The van der Waals surface area contributed by atoms with Crippen LogP contribution in [-0.2, 0) is 0 Å². The number of benzene rings is 1. The Kier molecular flexibility index (Phi) is 4.99. The Hall–Kier alpha value is -1.14. The van der Waals surface area contributed by atoms with Crippen molar-refractivity contribution in [2.24, 2.45) is 0 Å². The number of nitrogen functional groups attached to an aromatic ring is 1. The van der Waals surface area contributed by atoms with Crippen LogP contribution in [0.25, 0.3) is 0 Å². The molecule has 0 aromatic heterocycles. The molecule has 1 aliphatic rings. The summed E-state index contributed by atoms with van der Waals surface area (Å²) in [5.41, 5.74) is 5.70. The number of hydrogen-bond donors (Lipinski definition) is 3. The van der Waals surface area contributed by atoms with Crippen LogP contribution in [-0.4, -0.2) is 23.2 Å². The molecule has 0 saturated heterocycles. The summed E-state index contributed by atoms with van der Waals surface area (Å²) in [6, 6.07) is 2.22. The molecule has 4 nitrogen and oxygen atoms in total. The number of nitrogens with two attached hydrogens (primary N) is 1. The number of carbonyl (C=O) groups is 1. The minimum atomic E-state index is -0.567. The minimum Gasteiger partial charge on any atom is -0.396 e. The standard InChI is InChI=1S/C14H18BrFN2O2/c15-9-7-10(16)11(17)6-8(9)14(20)18-12-4-2-1-3-5-13(12)19/h6-7,12-13,19H,1-5,17H2,(H,18,20). The van der Waals surface area contributed by atoms with E-state index in [9.17, 15) is 14.3 Å². The van der Waals surface area contributed by atoms with Gasteiger partial charge in [0.2, 0.25) is 0 Å². The van der Waals surface area contributed by atoms with Crippen molar-refractivity contribution in [2.75, 3.05) is 5.73 Å². The highest BCUT2D eigenvalue weighted by molar-refractivity contribution is 9.10. The summed E-state index contributed by atoms with van der Waals surface area (Å²) in [5, 5.41) is 12.8. The molecule has 0 radical (unpaired) electrons. The van der Waals surface area contributed by atoms with Gasteiger partial charge in [0.05, 0.1) is 23.4 Å². The lowest BCUT2D eigenvalue weighted by molar-refractivity contribution is 0.0818. The fourth-order valence-corrected chi connectivity index (χ4v) is 2.94. The summed E-state index contributed by atoms with van der Waals surface area (Å²) in [5.74, 6) is -0.919. The van der Waals surface area contributed by atoms with Crippen LogP contribution in [0.15, 0.2) is 16.6 Å². The summed E-state index contributed by atoms with van der Waals surface area (Å²) < 4.78 is 13.6. The van der Waals surface area contributed by atoms with E-state index in [2.05, 4.69) is 21.2 Å². The maximum absolute atomic E-state index is 13.3. The summed E-state index contributed by atoms with van der Waals surface area (Å²) in [7, 11) is 0. The molecule has 0 spiro atoms. The number of hydrogen-bond acceptors (Lipinski definition) is 3. The quantitative estimate of drug-likeness (QED) is 0.570. The first-order valence-corrected chi connectivity index (χ1v) is 7.52. The topological polar surface area (TPSA) is 75.4 Å². The maximum Gasteiger partial charge on any atom is 0.252 e. The first kappa shape index (κ1) is 15.3. The van der Waals surface area contributed by atoms with Crippen molar-refractivity contribution < 1.29 is 14.3 Å². The lowest BCUT2D eigenvalue weighted by Crippen LogP contribution is -2.42. The van der Waals surface area contributed by atoms with Crippen LogP contribution in [0.3, 0.4) is 0 Å². The molecule has 2 rings (SSSR count). The predicted molar refractivity (Wildman–Crippen MR) is 78.9 cm³/mol. The molecule has 0 heterocycles. The third-order valence-corrected chi connectivity index (χ3v) is 4.28. The van der Waals surface area contributed by atoms with E-state index in [1.807, 2.05) is 0 Å². The number of halogens is 2. The Labute approximate surface area is 125 Å². The van der Waals surface area contributed by atoms with E-state index < -0.39 is 11.9 Å². The second-order valence-electron chi connectivity index (χ2n) is 5.14. The van der Waals surface area contributed by atoms with Crippen molar-refractivity contribution in [1.29, 1.82) is 0 Å². The van der Waals surface area contributed by atoms with E-state index in [4.69, 9.17) is 5.73 Å². The zero-order chi connectivity index (χ0) is 14.7. The van der Waals surface area contributed by atoms with Crippen molar-refractivity contribution in [3.05, 3.63) is 28.0 Å². The molecule has 0 aliphatic heterocycles. The Morgan fingerprint density at radius 2 is 2.05 bits per heavy atom. The predicted octanol–water partition coefficient (Wildman–Crippen LogP) is 2.59.